The van der Waals surface area contributed by atoms with E-state index in [9.17, 15) is 0 Å². The van der Waals surface area contributed by atoms with E-state index in [0.717, 1.165) is 24.9 Å². The summed E-state index contributed by atoms with van der Waals surface area (Å²) >= 11 is 3.69. The van der Waals surface area contributed by atoms with Gasteiger partial charge in [-0.25, -0.2) is 0 Å². The van der Waals surface area contributed by atoms with Gasteiger partial charge in [0.1, 0.15) is 0 Å². The van der Waals surface area contributed by atoms with Crippen molar-refractivity contribution in [2.45, 2.75) is 51.4 Å². The second kappa shape index (κ2) is 10.6. The summed E-state index contributed by atoms with van der Waals surface area (Å²) in [4.78, 5) is 9.25. The van der Waals surface area contributed by atoms with Crippen molar-refractivity contribution in [2.24, 2.45) is 4.99 Å². The summed E-state index contributed by atoms with van der Waals surface area (Å²) < 4.78 is 6.47. The summed E-state index contributed by atoms with van der Waals surface area (Å²) in [5.74, 6) is 2.53. The van der Waals surface area contributed by atoms with Gasteiger partial charge in [0.25, 0.3) is 0 Å². The third-order valence-electron chi connectivity index (χ3n) is 4.81. The van der Waals surface area contributed by atoms with Gasteiger partial charge >= 0.3 is 0 Å². The molecule has 0 spiro atoms. The van der Waals surface area contributed by atoms with Gasteiger partial charge in [-0.1, -0.05) is 53.1 Å². The molecule has 1 aromatic carbocycles. The highest BCUT2D eigenvalue weighted by Gasteiger charge is 2.45. The topological polar surface area (TPSA) is 75.3 Å². The standard InChI is InChI=1S/C20H28BrN5O.HI/c1-4-22-19(23-12-9-17-25-18(14(2)3)26-27-17)24-13-20(10-11-20)15-7-5-6-8-16(15)21;/h5-8,14H,4,9-13H2,1-3H3,(H2,22,23,24);1H. The summed E-state index contributed by atoms with van der Waals surface area (Å²) in [5.41, 5.74) is 1.53. The summed E-state index contributed by atoms with van der Waals surface area (Å²) in [7, 11) is 0. The van der Waals surface area contributed by atoms with Gasteiger partial charge in [0, 0.05) is 35.3 Å². The highest BCUT2D eigenvalue weighted by molar-refractivity contribution is 14.0. The average Bonchev–Trinajstić information content (AvgIpc) is 3.28. The van der Waals surface area contributed by atoms with Crippen molar-refractivity contribution < 1.29 is 4.52 Å². The van der Waals surface area contributed by atoms with E-state index in [1.54, 1.807) is 0 Å². The minimum absolute atomic E-state index is 0. The molecule has 154 valence electrons. The number of hydrogen-bond acceptors (Lipinski definition) is 4. The first-order valence-electron chi connectivity index (χ1n) is 9.64. The van der Waals surface area contributed by atoms with Crippen molar-refractivity contribution in [3.63, 3.8) is 0 Å². The monoisotopic (exact) mass is 561 g/mol. The van der Waals surface area contributed by atoms with Gasteiger partial charge in [-0.05, 0) is 31.4 Å². The van der Waals surface area contributed by atoms with E-state index < -0.39 is 0 Å². The predicted octanol–water partition coefficient (Wildman–Crippen LogP) is 4.40. The van der Waals surface area contributed by atoms with Crippen molar-refractivity contribution in [1.29, 1.82) is 0 Å². The molecule has 28 heavy (non-hydrogen) atoms. The Bertz CT molecular complexity index is 788. The molecule has 0 aliphatic heterocycles. The molecule has 1 aromatic heterocycles. The zero-order chi connectivity index (χ0) is 19.3. The lowest BCUT2D eigenvalue weighted by molar-refractivity contribution is 0.371. The normalized spacial score (nSPS) is 15.2. The fraction of sp³-hybridized carbons (Fsp3) is 0.550. The van der Waals surface area contributed by atoms with Gasteiger partial charge in [-0.3, -0.25) is 4.99 Å². The maximum absolute atomic E-state index is 5.30. The minimum atomic E-state index is 0. The molecular weight excluding hydrogens is 533 g/mol. The fourth-order valence-electron chi connectivity index (χ4n) is 3.02. The van der Waals surface area contributed by atoms with Crippen LogP contribution in [0.1, 0.15) is 56.8 Å². The van der Waals surface area contributed by atoms with Crippen LogP contribution in [0.4, 0.5) is 0 Å². The number of rotatable bonds is 8. The molecule has 1 aliphatic rings. The quantitative estimate of drug-likeness (QED) is 0.284. The Hall–Kier alpha value is -1.16. The second-order valence-corrected chi connectivity index (χ2v) is 8.19. The highest BCUT2D eigenvalue weighted by atomic mass is 127. The molecule has 2 aromatic rings. The summed E-state index contributed by atoms with van der Waals surface area (Å²) in [5, 5.41) is 10.7. The summed E-state index contributed by atoms with van der Waals surface area (Å²) in [6.45, 7) is 8.50. The largest absolute Gasteiger partial charge is 0.357 e. The molecule has 1 heterocycles. The van der Waals surface area contributed by atoms with Crippen LogP contribution >= 0.6 is 39.9 Å². The first-order chi connectivity index (χ1) is 13.0. The highest BCUT2D eigenvalue weighted by Crippen LogP contribution is 2.50. The third kappa shape index (κ3) is 5.92. The van der Waals surface area contributed by atoms with Crippen LogP contribution in [0.5, 0.6) is 0 Å². The lowest BCUT2D eigenvalue weighted by Crippen LogP contribution is -2.39. The molecular formula is C20H29BrIN5O. The molecule has 0 amide bonds. The molecule has 8 heteroatoms. The van der Waals surface area contributed by atoms with Crippen molar-refractivity contribution in [2.75, 3.05) is 19.6 Å². The third-order valence-corrected chi connectivity index (χ3v) is 5.51. The fourth-order valence-corrected chi connectivity index (χ4v) is 3.72. The zero-order valence-electron chi connectivity index (χ0n) is 16.7. The number of halogens is 2. The number of aliphatic imine (C=N–C) groups is 1. The zero-order valence-corrected chi connectivity index (χ0v) is 20.6. The van der Waals surface area contributed by atoms with Crippen LogP contribution in [0.25, 0.3) is 0 Å². The molecule has 0 bridgehead atoms. The van der Waals surface area contributed by atoms with Crippen LogP contribution in [0.2, 0.25) is 0 Å². The summed E-state index contributed by atoms with van der Waals surface area (Å²) in [6, 6.07) is 8.47. The molecule has 3 rings (SSSR count). The van der Waals surface area contributed by atoms with Crippen LogP contribution in [0, 0.1) is 0 Å². The molecule has 1 aliphatic carbocycles. The molecule has 0 atom stereocenters. The van der Waals surface area contributed by atoms with Crippen molar-refractivity contribution in [3.05, 3.63) is 46.0 Å². The molecule has 0 saturated heterocycles. The van der Waals surface area contributed by atoms with Gasteiger partial charge in [-0.2, -0.15) is 4.98 Å². The maximum Gasteiger partial charge on any atom is 0.228 e. The van der Waals surface area contributed by atoms with Crippen LogP contribution in [0.3, 0.4) is 0 Å². The number of hydrogen-bond donors (Lipinski definition) is 2. The Morgan fingerprint density at radius 1 is 1.29 bits per heavy atom. The Morgan fingerprint density at radius 2 is 2.04 bits per heavy atom. The molecule has 1 fully saturated rings. The van der Waals surface area contributed by atoms with Gasteiger partial charge in [0.05, 0.1) is 6.54 Å². The number of benzene rings is 1. The number of aromatic nitrogens is 2. The SMILES string of the molecule is CCNC(=NCC1(c2ccccc2Br)CC1)NCCc1nc(C(C)C)no1.I. The molecule has 0 radical (unpaired) electrons. The molecule has 2 N–H and O–H groups in total. The van der Waals surface area contributed by atoms with Gasteiger partial charge in [-0.15, -0.1) is 24.0 Å². The smallest absolute Gasteiger partial charge is 0.228 e. The molecule has 1 saturated carbocycles. The van der Waals surface area contributed by atoms with Gasteiger partial charge in [0.15, 0.2) is 11.8 Å². The van der Waals surface area contributed by atoms with E-state index in [2.05, 4.69) is 81.7 Å². The van der Waals surface area contributed by atoms with Crippen LogP contribution in [-0.2, 0) is 11.8 Å². The number of guanidine groups is 1. The van der Waals surface area contributed by atoms with E-state index in [-0.39, 0.29) is 35.3 Å². The first kappa shape index (κ1) is 23.1. The van der Waals surface area contributed by atoms with Gasteiger partial charge < -0.3 is 15.2 Å². The van der Waals surface area contributed by atoms with E-state index in [1.165, 1.54) is 22.9 Å². The Morgan fingerprint density at radius 3 is 2.64 bits per heavy atom. The Balaban J connectivity index is 0.00000280. The van der Waals surface area contributed by atoms with E-state index in [4.69, 9.17) is 9.52 Å². The van der Waals surface area contributed by atoms with E-state index >= 15 is 0 Å². The number of nitrogens with one attached hydrogen (secondary N) is 2. The minimum Gasteiger partial charge on any atom is -0.357 e. The van der Waals surface area contributed by atoms with Crippen LogP contribution in [-0.4, -0.2) is 35.7 Å². The van der Waals surface area contributed by atoms with Crippen molar-refractivity contribution in [3.8, 4) is 0 Å². The lowest BCUT2D eigenvalue weighted by atomic mass is 9.96. The maximum atomic E-state index is 5.30. The van der Waals surface area contributed by atoms with E-state index in [0.29, 0.717) is 18.9 Å². The van der Waals surface area contributed by atoms with Crippen molar-refractivity contribution >= 4 is 45.9 Å². The van der Waals surface area contributed by atoms with Crippen LogP contribution < -0.4 is 10.6 Å². The Kier molecular flexibility index (Phi) is 8.73. The lowest BCUT2D eigenvalue weighted by Gasteiger charge is -2.17. The second-order valence-electron chi connectivity index (χ2n) is 7.33. The van der Waals surface area contributed by atoms with Crippen molar-refractivity contribution in [1.82, 2.24) is 20.8 Å². The van der Waals surface area contributed by atoms with E-state index in [1.807, 2.05) is 0 Å². The Labute approximate surface area is 192 Å². The molecule has 0 unspecified atom stereocenters. The summed E-state index contributed by atoms with van der Waals surface area (Å²) in [6.07, 6.45) is 3.04. The molecule has 6 nitrogen and oxygen atoms in total. The van der Waals surface area contributed by atoms with Crippen LogP contribution in [0.15, 0.2) is 38.3 Å². The van der Waals surface area contributed by atoms with Gasteiger partial charge in [0.2, 0.25) is 5.89 Å². The number of nitrogens with zero attached hydrogens (tertiary/aromatic N) is 3. The first-order valence-corrected chi connectivity index (χ1v) is 10.4. The predicted molar refractivity (Wildman–Crippen MR) is 127 cm³/mol. The average molecular weight is 562 g/mol.